The summed E-state index contributed by atoms with van der Waals surface area (Å²) in [5, 5.41) is 11.8. The number of fused-ring (bicyclic) bond motifs is 3. The van der Waals surface area contributed by atoms with Crippen molar-refractivity contribution in [3.05, 3.63) is 65.5 Å². The first-order valence-electron chi connectivity index (χ1n) is 8.01. The molecule has 0 saturated heterocycles. The van der Waals surface area contributed by atoms with Gasteiger partial charge in [-0.15, -0.1) is 13.2 Å². The summed E-state index contributed by atoms with van der Waals surface area (Å²) in [5.74, 6) is -0.258. The zero-order valence-corrected chi connectivity index (χ0v) is 13.5. The Morgan fingerprint density at radius 3 is 2.50 bits per heavy atom. The van der Waals surface area contributed by atoms with E-state index < -0.39 is 6.36 Å². The molecular weight excluding hydrogens is 343 g/mol. The summed E-state index contributed by atoms with van der Waals surface area (Å²) in [5.41, 5.74) is 5.83. The van der Waals surface area contributed by atoms with E-state index in [1.54, 1.807) is 23.0 Å². The molecule has 0 bridgehead atoms. The minimum absolute atomic E-state index is 0.258. The minimum Gasteiger partial charge on any atom is -0.406 e. The van der Waals surface area contributed by atoms with Crippen LogP contribution in [-0.4, -0.2) is 22.4 Å². The fourth-order valence-electron chi connectivity index (χ4n) is 3.28. The van der Waals surface area contributed by atoms with Crippen LogP contribution in [0.1, 0.15) is 16.8 Å². The number of hydrogen-bond acceptors (Lipinski definition) is 3. The highest BCUT2D eigenvalue weighted by Gasteiger charge is 2.31. The van der Waals surface area contributed by atoms with Crippen molar-refractivity contribution in [2.75, 3.05) is 0 Å². The van der Waals surface area contributed by atoms with E-state index in [9.17, 15) is 13.2 Å². The van der Waals surface area contributed by atoms with Crippen LogP contribution in [0, 0.1) is 5.41 Å². The third-order valence-electron chi connectivity index (χ3n) is 4.40. The van der Waals surface area contributed by atoms with E-state index in [0.29, 0.717) is 5.69 Å². The fraction of sp³-hybridized carbons (Fsp3) is 0.158. The standard InChI is InChI=1S/C19H14F3N3O/c20-19(21,22)26-15-5-3-14(4-6-15)25-18-8-2-13-9-12(10-23)1-7-16(13)17(18)11-24-25/h1,3-7,9-11,23H,2,8H2. The van der Waals surface area contributed by atoms with E-state index in [4.69, 9.17) is 5.41 Å². The maximum absolute atomic E-state index is 12.3. The smallest absolute Gasteiger partial charge is 0.406 e. The van der Waals surface area contributed by atoms with Crippen molar-refractivity contribution in [2.45, 2.75) is 19.2 Å². The van der Waals surface area contributed by atoms with Crippen molar-refractivity contribution in [3.63, 3.8) is 0 Å². The first-order valence-corrected chi connectivity index (χ1v) is 8.01. The van der Waals surface area contributed by atoms with Crippen molar-refractivity contribution in [3.8, 4) is 22.6 Å². The highest BCUT2D eigenvalue weighted by atomic mass is 19.4. The predicted octanol–water partition coefficient (Wildman–Crippen LogP) is 4.53. The summed E-state index contributed by atoms with van der Waals surface area (Å²) in [4.78, 5) is 0. The Morgan fingerprint density at radius 2 is 1.81 bits per heavy atom. The molecule has 1 aromatic heterocycles. The quantitative estimate of drug-likeness (QED) is 0.700. The Labute approximate surface area is 147 Å². The van der Waals surface area contributed by atoms with Gasteiger partial charge in [0.2, 0.25) is 0 Å². The molecule has 4 rings (SSSR count). The van der Waals surface area contributed by atoms with Gasteiger partial charge in [-0.25, -0.2) is 4.68 Å². The molecule has 0 atom stereocenters. The number of aromatic nitrogens is 2. The molecule has 0 saturated carbocycles. The molecule has 0 unspecified atom stereocenters. The molecule has 4 nitrogen and oxygen atoms in total. The van der Waals surface area contributed by atoms with Gasteiger partial charge in [0, 0.05) is 11.8 Å². The van der Waals surface area contributed by atoms with Gasteiger partial charge < -0.3 is 10.1 Å². The number of ether oxygens (including phenoxy) is 1. The molecule has 1 heterocycles. The Kier molecular flexibility index (Phi) is 3.79. The van der Waals surface area contributed by atoms with Gasteiger partial charge in [-0.05, 0) is 59.9 Å². The van der Waals surface area contributed by atoms with Crippen LogP contribution in [0.15, 0.2) is 48.7 Å². The average Bonchev–Trinajstić information content (AvgIpc) is 3.05. The maximum Gasteiger partial charge on any atom is 0.573 e. The molecule has 1 N–H and O–H groups in total. The van der Waals surface area contributed by atoms with Gasteiger partial charge in [-0.1, -0.05) is 12.1 Å². The summed E-state index contributed by atoms with van der Waals surface area (Å²) >= 11 is 0. The maximum atomic E-state index is 12.3. The molecule has 0 aliphatic heterocycles. The number of nitrogens with zero attached hydrogens (tertiary/aromatic N) is 2. The molecule has 132 valence electrons. The van der Waals surface area contributed by atoms with Crippen LogP contribution in [0.4, 0.5) is 13.2 Å². The van der Waals surface area contributed by atoms with Crippen LogP contribution in [0.2, 0.25) is 0 Å². The van der Waals surface area contributed by atoms with E-state index in [1.807, 2.05) is 18.2 Å². The lowest BCUT2D eigenvalue weighted by Gasteiger charge is -2.18. The summed E-state index contributed by atoms with van der Waals surface area (Å²) in [7, 11) is 0. The first-order chi connectivity index (χ1) is 12.4. The van der Waals surface area contributed by atoms with Crippen LogP contribution in [0.3, 0.4) is 0 Å². The van der Waals surface area contributed by atoms with Crippen molar-refractivity contribution < 1.29 is 17.9 Å². The lowest BCUT2D eigenvalue weighted by atomic mass is 9.89. The molecule has 1 aliphatic rings. The molecular formula is C19H14F3N3O. The number of alkyl halides is 3. The summed E-state index contributed by atoms with van der Waals surface area (Å²) in [6, 6.07) is 11.6. The van der Waals surface area contributed by atoms with Gasteiger partial charge in [-0.3, -0.25) is 0 Å². The molecule has 0 amide bonds. The van der Waals surface area contributed by atoms with E-state index in [2.05, 4.69) is 9.84 Å². The van der Waals surface area contributed by atoms with Gasteiger partial charge in [0.1, 0.15) is 5.75 Å². The molecule has 26 heavy (non-hydrogen) atoms. The lowest BCUT2D eigenvalue weighted by Crippen LogP contribution is -2.17. The Balaban J connectivity index is 1.68. The largest absolute Gasteiger partial charge is 0.573 e. The van der Waals surface area contributed by atoms with Crippen molar-refractivity contribution in [1.82, 2.24) is 9.78 Å². The van der Waals surface area contributed by atoms with E-state index >= 15 is 0 Å². The second-order valence-corrected chi connectivity index (χ2v) is 6.02. The fourth-order valence-corrected chi connectivity index (χ4v) is 3.28. The lowest BCUT2D eigenvalue weighted by molar-refractivity contribution is -0.274. The molecule has 0 fully saturated rings. The van der Waals surface area contributed by atoms with Gasteiger partial charge in [0.15, 0.2) is 0 Å². The van der Waals surface area contributed by atoms with E-state index in [-0.39, 0.29) is 5.75 Å². The third kappa shape index (κ3) is 2.96. The van der Waals surface area contributed by atoms with Crippen molar-refractivity contribution in [2.24, 2.45) is 0 Å². The molecule has 7 heteroatoms. The molecule has 2 aromatic carbocycles. The van der Waals surface area contributed by atoms with Crippen LogP contribution in [0.5, 0.6) is 5.75 Å². The third-order valence-corrected chi connectivity index (χ3v) is 4.40. The SMILES string of the molecule is N=Cc1ccc2c(c1)CCc1c-2cnn1-c1ccc(OC(F)(F)F)cc1. The first kappa shape index (κ1) is 16.4. The number of hydrogen-bond donors (Lipinski definition) is 1. The number of aryl methyl sites for hydroxylation is 1. The topological polar surface area (TPSA) is 50.9 Å². The molecule has 0 radical (unpaired) electrons. The zero-order chi connectivity index (χ0) is 18.3. The van der Waals surface area contributed by atoms with Crippen LogP contribution >= 0.6 is 0 Å². The predicted molar refractivity (Wildman–Crippen MR) is 91.0 cm³/mol. The average molecular weight is 357 g/mol. The normalized spacial score (nSPS) is 13.0. The van der Waals surface area contributed by atoms with E-state index in [0.717, 1.165) is 35.2 Å². The monoisotopic (exact) mass is 357 g/mol. The summed E-state index contributed by atoms with van der Waals surface area (Å²) in [6.45, 7) is 0. The molecule has 3 aromatic rings. The van der Waals surface area contributed by atoms with Crippen molar-refractivity contribution in [1.29, 1.82) is 5.41 Å². The van der Waals surface area contributed by atoms with Gasteiger partial charge in [0.05, 0.1) is 17.6 Å². The molecule has 1 aliphatic carbocycles. The second kappa shape index (κ2) is 6.01. The van der Waals surface area contributed by atoms with Gasteiger partial charge in [-0.2, -0.15) is 5.10 Å². The number of halogens is 3. The minimum atomic E-state index is -4.70. The Hall–Kier alpha value is -3.09. The molecule has 0 spiro atoms. The van der Waals surface area contributed by atoms with Crippen LogP contribution in [0.25, 0.3) is 16.8 Å². The number of nitrogens with one attached hydrogen (secondary N) is 1. The van der Waals surface area contributed by atoms with Crippen LogP contribution < -0.4 is 4.74 Å². The highest BCUT2D eigenvalue weighted by molar-refractivity contribution is 5.81. The number of benzene rings is 2. The van der Waals surface area contributed by atoms with Gasteiger partial charge in [0.25, 0.3) is 0 Å². The Morgan fingerprint density at radius 1 is 1.04 bits per heavy atom. The number of rotatable bonds is 3. The van der Waals surface area contributed by atoms with Gasteiger partial charge >= 0.3 is 6.36 Å². The van der Waals surface area contributed by atoms with Crippen LogP contribution in [-0.2, 0) is 12.8 Å². The van der Waals surface area contributed by atoms with E-state index in [1.165, 1.54) is 23.9 Å². The second-order valence-electron chi connectivity index (χ2n) is 6.02. The zero-order valence-electron chi connectivity index (χ0n) is 13.5. The Bertz CT molecular complexity index is 975. The highest BCUT2D eigenvalue weighted by Crippen LogP contribution is 2.35. The van der Waals surface area contributed by atoms with Crippen molar-refractivity contribution >= 4 is 6.21 Å². The summed E-state index contributed by atoms with van der Waals surface area (Å²) in [6.07, 6.45) is -0.0116. The summed E-state index contributed by atoms with van der Waals surface area (Å²) < 4.78 is 42.5.